The average molecular weight is 307 g/mol. The zero-order chi connectivity index (χ0) is 14.4. The van der Waals surface area contributed by atoms with Gasteiger partial charge < -0.3 is 5.32 Å². The molecule has 2 aromatic rings. The molecular formula is C16H16Cl2N2. The van der Waals surface area contributed by atoms with Crippen LogP contribution in [-0.4, -0.2) is 12.0 Å². The van der Waals surface area contributed by atoms with Gasteiger partial charge in [0.1, 0.15) is 0 Å². The highest BCUT2D eigenvalue weighted by Gasteiger charge is 2.09. The van der Waals surface area contributed by atoms with Crippen LogP contribution in [0.5, 0.6) is 0 Å². The SMILES string of the molecule is CNC(CC=Cc1cccnc1)c1ccc(Cl)c(Cl)c1. The number of rotatable bonds is 5. The Morgan fingerprint density at radius 3 is 2.75 bits per heavy atom. The van der Waals surface area contributed by atoms with Crippen LogP contribution in [0.15, 0.2) is 48.8 Å². The second kappa shape index (κ2) is 7.44. The highest BCUT2D eigenvalue weighted by molar-refractivity contribution is 6.42. The van der Waals surface area contributed by atoms with Crippen LogP contribution >= 0.6 is 23.2 Å². The monoisotopic (exact) mass is 306 g/mol. The van der Waals surface area contributed by atoms with Crippen molar-refractivity contribution < 1.29 is 0 Å². The fourth-order valence-corrected chi connectivity index (χ4v) is 2.27. The molecule has 0 saturated heterocycles. The zero-order valence-electron chi connectivity index (χ0n) is 11.2. The van der Waals surface area contributed by atoms with Crippen LogP contribution in [0.4, 0.5) is 0 Å². The average Bonchev–Trinajstić information content (AvgIpc) is 2.48. The second-order valence-electron chi connectivity index (χ2n) is 4.44. The van der Waals surface area contributed by atoms with E-state index in [4.69, 9.17) is 23.2 Å². The standard InChI is InChI=1S/C16H16Cl2N2/c1-19-16(13-7-8-14(17)15(18)10-13)6-2-4-12-5-3-9-20-11-12/h2-5,7-11,16,19H,6H2,1H3. The summed E-state index contributed by atoms with van der Waals surface area (Å²) >= 11 is 12.0. The molecule has 1 N–H and O–H groups in total. The maximum atomic E-state index is 6.06. The quantitative estimate of drug-likeness (QED) is 0.862. The molecule has 1 unspecified atom stereocenters. The van der Waals surface area contributed by atoms with Crippen LogP contribution in [-0.2, 0) is 0 Å². The van der Waals surface area contributed by atoms with Crippen LogP contribution in [0.3, 0.4) is 0 Å². The fraction of sp³-hybridized carbons (Fsp3) is 0.188. The summed E-state index contributed by atoms with van der Waals surface area (Å²) in [5.74, 6) is 0. The van der Waals surface area contributed by atoms with Gasteiger partial charge in [0.2, 0.25) is 0 Å². The van der Waals surface area contributed by atoms with E-state index in [2.05, 4.69) is 22.5 Å². The molecule has 1 atom stereocenters. The lowest BCUT2D eigenvalue weighted by Gasteiger charge is -2.15. The summed E-state index contributed by atoms with van der Waals surface area (Å²) in [6, 6.07) is 9.88. The smallest absolute Gasteiger partial charge is 0.0595 e. The Morgan fingerprint density at radius 2 is 2.10 bits per heavy atom. The molecule has 104 valence electrons. The number of hydrogen-bond donors (Lipinski definition) is 1. The third-order valence-electron chi connectivity index (χ3n) is 3.06. The first-order valence-electron chi connectivity index (χ1n) is 6.39. The van der Waals surface area contributed by atoms with Crippen molar-refractivity contribution in [2.45, 2.75) is 12.5 Å². The van der Waals surface area contributed by atoms with Gasteiger partial charge >= 0.3 is 0 Å². The van der Waals surface area contributed by atoms with Crippen molar-refractivity contribution >= 4 is 29.3 Å². The van der Waals surface area contributed by atoms with E-state index in [9.17, 15) is 0 Å². The highest BCUT2D eigenvalue weighted by atomic mass is 35.5. The Bertz CT molecular complexity index is 582. The van der Waals surface area contributed by atoms with Gasteiger partial charge in [0, 0.05) is 18.4 Å². The second-order valence-corrected chi connectivity index (χ2v) is 5.25. The molecule has 0 aliphatic carbocycles. The molecule has 2 rings (SSSR count). The number of nitrogens with one attached hydrogen (secondary N) is 1. The van der Waals surface area contributed by atoms with Crippen molar-refractivity contribution in [3.63, 3.8) is 0 Å². The summed E-state index contributed by atoms with van der Waals surface area (Å²) in [7, 11) is 1.94. The molecule has 0 fully saturated rings. The van der Waals surface area contributed by atoms with Crippen LogP contribution in [0, 0.1) is 0 Å². The van der Waals surface area contributed by atoms with Gasteiger partial charge in [0.25, 0.3) is 0 Å². The molecule has 20 heavy (non-hydrogen) atoms. The van der Waals surface area contributed by atoms with Crippen molar-refractivity contribution in [2.24, 2.45) is 0 Å². The van der Waals surface area contributed by atoms with Gasteiger partial charge in [-0.3, -0.25) is 4.98 Å². The van der Waals surface area contributed by atoms with E-state index in [1.165, 1.54) is 0 Å². The molecule has 0 radical (unpaired) electrons. The predicted octanol–water partition coefficient (Wildman–Crippen LogP) is 4.75. The predicted molar refractivity (Wildman–Crippen MR) is 86.2 cm³/mol. The normalized spacial score (nSPS) is 12.8. The molecule has 0 aliphatic heterocycles. The molecule has 0 amide bonds. The third-order valence-corrected chi connectivity index (χ3v) is 3.80. The highest BCUT2D eigenvalue weighted by Crippen LogP contribution is 2.27. The van der Waals surface area contributed by atoms with Crippen LogP contribution in [0.25, 0.3) is 6.08 Å². The van der Waals surface area contributed by atoms with Crippen molar-refractivity contribution in [3.8, 4) is 0 Å². The van der Waals surface area contributed by atoms with Gasteiger partial charge in [-0.05, 0) is 42.8 Å². The van der Waals surface area contributed by atoms with Crippen molar-refractivity contribution in [1.82, 2.24) is 10.3 Å². The summed E-state index contributed by atoms with van der Waals surface area (Å²) in [5, 5.41) is 4.45. The molecule has 0 bridgehead atoms. The summed E-state index contributed by atoms with van der Waals surface area (Å²) in [5.41, 5.74) is 2.22. The van der Waals surface area contributed by atoms with Crippen molar-refractivity contribution in [2.75, 3.05) is 7.05 Å². The van der Waals surface area contributed by atoms with Gasteiger partial charge in [-0.1, -0.05) is 47.5 Å². The van der Waals surface area contributed by atoms with Gasteiger partial charge in [0.15, 0.2) is 0 Å². The largest absolute Gasteiger partial charge is 0.313 e. The number of aromatic nitrogens is 1. The first-order valence-corrected chi connectivity index (χ1v) is 7.15. The maximum absolute atomic E-state index is 6.06. The Balaban J connectivity index is 2.05. The van der Waals surface area contributed by atoms with E-state index in [1.54, 1.807) is 6.20 Å². The van der Waals surface area contributed by atoms with Gasteiger partial charge in [-0.15, -0.1) is 0 Å². The Morgan fingerprint density at radius 1 is 1.25 bits per heavy atom. The lowest BCUT2D eigenvalue weighted by molar-refractivity contribution is 0.604. The first kappa shape index (κ1) is 15.0. The van der Waals surface area contributed by atoms with E-state index in [-0.39, 0.29) is 6.04 Å². The molecule has 0 saturated carbocycles. The molecule has 0 aliphatic rings. The minimum Gasteiger partial charge on any atom is -0.313 e. The van der Waals surface area contributed by atoms with Gasteiger partial charge in [-0.2, -0.15) is 0 Å². The molecule has 1 aromatic heterocycles. The topological polar surface area (TPSA) is 24.9 Å². The number of hydrogen-bond acceptors (Lipinski definition) is 2. The number of halogens is 2. The molecule has 1 heterocycles. The Labute approximate surface area is 129 Å². The molecule has 1 aromatic carbocycles. The van der Waals surface area contributed by atoms with E-state index in [0.717, 1.165) is 17.5 Å². The van der Waals surface area contributed by atoms with Crippen LogP contribution in [0.1, 0.15) is 23.6 Å². The summed E-state index contributed by atoms with van der Waals surface area (Å²) in [6.07, 6.45) is 8.66. The first-order chi connectivity index (χ1) is 9.70. The van der Waals surface area contributed by atoms with E-state index in [1.807, 2.05) is 43.6 Å². The number of benzene rings is 1. The third kappa shape index (κ3) is 4.07. The molecular weight excluding hydrogens is 291 g/mol. The van der Waals surface area contributed by atoms with Crippen molar-refractivity contribution in [1.29, 1.82) is 0 Å². The van der Waals surface area contributed by atoms with Crippen molar-refractivity contribution in [3.05, 3.63) is 70.0 Å². The van der Waals surface area contributed by atoms with Crippen LogP contribution in [0.2, 0.25) is 10.0 Å². The number of pyridine rings is 1. The zero-order valence-corrected chi connectivity index (χ0v) is 12.7. The summed E-state index contributed by atoms with van der Waals surface area (Å²) in [6.45, 7) is 0. The Hall–Kier alpha value is -1.35. The minimum absolute atomic E-state index is 0.206. The summed E-state index contributed by atoms with van der Waals surface area (Å²) in [4.78, 5) is 4.08. The minimum atomic E-state index is 0.206. The van der Waals surface area contributed by atoms with Crippen LogP contribution < -0.4 is 5.32 Å². The molecule has 0 spiro atoms. The maximum Gasteiger partial charge on any atom is 0.0595 e. The van der Waals surface area contributed by atoms with E-state index < -0.39 is 0 Å². The van der Waals surface area contributed by atoms with E-state index >= 15 is 0 Å². The Kier molecular flexibility index (Phi) is 5.60. The molecule has 4 heteroatoms. The summed E-state index contributed by atoms with van der Waals surface area (Å²) < 4.78 is 0. The number of nitrogens with zero attached hydrogens (tertiary/aromatic N) is 1. The fourth-order valence-electron chi connectivity index (χ4n) is 1.96. The van der Waals surface area contributed by atoms with E-state index in [0.29, 0.717) is 10.0 Å². The lowest BCUT2D eigenvalue weighted by atomic mass is 10.0. The molecule has 2 nitrogen and oxygen atoms in total. The van der Waals surface area contributed by atoms with Gasteiger partial charge in [-0.25, -0.2) is 0 Å². The lowest BCUT2D eigenvalue weighted by Crippen LogP contribution is -2.15. The van der Waals surface area contributed by atoms with Gasteiger partial charge in [0.05, 0.1) is 10.0 Å².